The molecule has 29 heavy (non-hydrogen) atoms. The number of ether oxygens (including phenoxy) is 1. The predicted octanol–water partition coefficient (Wildman–Crippen LogP) is 3.20. The third-order valence-corrected chi connectivity index (χ3v) is 5.28. The number of aryl methyl sites for hydroxylation is 3. The van der Waals surface area contributed by atoms with Crippen molar-refractivity contribution in [1.29, 1.82) is 0 Å². The third kappa shape index (κ3) is 4.16. The molecule has 0 radical (unpaired) electrons. The van der Waals surface area contributed by atoms with Gasteiger partial charge in [-0.3, -0.25) is 19.8 Å². The number of rotatable bonds is 5. The third-order valence-electron chi connectivity index (χ3n) is 5.00. The van der Waals surface area contributed by atoms with Gasteiger partial charge in [0.15, 0.2) is 5.11 Å². The van der Waals surface area contributed by atoms with Crippen LogP contribution in [-0.4, -0.2) is 35.2 Å². The molecule has 0 spiro atoms. The Bertz CT molecular complexity index is 1020. The topological polar surface area (TPSA) is 63.6 Å². The lowest BCUT2D eigenvalue weighted by Gasteiger charge is -2.29. The number of aromatic nitrogens is 1. The van der Waals surface area contributed by atoms with Crippen molar-refractivity contribution in [3.63, 3.8) is 0 Å². The van der Waals surface area contributed by atoms with Gasteiger partial charge in [0.1, 0.15) is 5.57 Å². The lowest BCUT2D eigenvalue weighted by atomic mass is 10.1. The number of carbonyl (C=O) groups excluding carboxylic acids is 2. The van der Waals surface area contributed by atoms with E-state index < -0.39 is 11.8 Å². The zero-order valence-electron chi connectivity index (χ0n) is 17.3. The molecule has 3 rings (SSSR count). The van der Waals surface area contributed by atoms with Crippen LogP contribution in [0.1, 0.15) is 28.1 Å². The highest BCUT2D eigenvalue weighted by molar-refractivity contribution is 7.80. The van der Waals surface area contributed by atoms with Crippen LogP contribution in [0.25, 0.3) is 6.08 Å². The molecule has 0 aliphatic carbocycles. The number of nitrogens with one attached hydrogen (secondary N) is 1. The summed E-state index contributed by atoms with van der Waals surface area (Å²) in [5.41, 5.74) is 5.57. The van der Waals surface area contributed by atoms with Gasteiger partial charge in [0.25, 0.3) is 11.8 Å². The van der Waals surface area contributed by atoms with Crippen molar-refractivity contribution in [3.8, 4) is 0 Å². The second-order valence-corrected chi connectivity index (χ2v) is 7.66. The minimum absolute atomic E-state index is 0.0600. The Morgan fingerprint density at radius 2 is 1.72 bits per heavy atom. The number of amides is 2. The van der Waals surface area contributed by atoms with Crippen LogP contribution < -0.4 is 10.2 Å². The zero-order chi connectivity index (χ0) is 21.3. The summed E-state index contributed by atoms with van der Waals surface area (Å²) in [6.45, 7) is 9.16. The molecule has 7 heteroatoms. The summed E-state index contributed by atoms with van der Waals surface area (Å²) in [7, 11) is 1.66. The molecule has 2 amide bonds. The van der Waals surface area contributed by atoms with Gasteiger partial charge in [-0.2, -0.15) is 0 Å². The fourth-order valence-corrected chi connectivity index (χ4v) is 3.91. The molecule has 152 valence electrons. The minimum atomic E-state index is -0.484. The Morgan fingerprint density at radius 3 is 2.34 bits per heavy atom. The Morgan fingerprint density at radius 1 is 1.07 bits per heavy atom. The van der Waals surface area contributed by atoms with E-state index in [4.69, 9.17) is 17.0 Å². The van der Waals surface area contributed by atoms with Gasteiger partial charge in [0.05, 0.1) is 12.3 Å². The molecule has 1 aliphatic rings. The van der Waals surface area contributed by atoms with E-state index >= 15 is 0 Å². The first-order valence-corrected chi connectivity index (χ1v) is 9.79. The van der Waals surface area contributed by atoms with Crippen LogP contribution in [0.2, 0.25) is 0 Å². The summed E-state index contributed by atoms with van der Waals surface area (Å²) in [5.74, 6) is -0.909. The van der Waals surface area contributed by atoms with Crippen molar-refractivity contribution >= 4 is 40.9 Å². The van der Waals surface area contributed by atoms with Gasteiger partial charge < -0.3 is 9.30 Å². The lowest BCUT2D eigenvalue weighted by molar-refractivity contribution is -0.122. The summed E-state index contributed by atoms with van der Waals surface area (Å²) in [6.07, 6.45) is 1.64. The van der Waals surface area contributed by atoms with E-state index in [9.17, 15) is 9.59 Å². The molecule has 1 saturated heterocycles. The van der Waals surface area contributed by atoms with Crippen LogP contribution in [-0.2, 0) is 20.9 Å². The van der Waals surface area contributed by atoms with Gasteiger partial charge >= 0.3 is 0 Å². The molecule has 0 saturated carbocycles. The van der Waals surface area contributed by atoms with Gasteiger partial charge in [0.2, 0.25) is 0 Å². The number of benzene rings is 1. The molecule has 0 atom stereocenters. The number of hydrogen-bond donors (Lipinski definition) is 1. The number of thiocarbonyl (C=S) groups is 1. The average molecular weight is 412 g/mol. The largest absolute Gasteiger partial charge is 0.383 e. The van der Waals surface area contributed by atoms with E-state index in [1.54, 1.807) is 13.2 Å². The summed E-state index contributed by atoms with van der Waals surface area (Å²) < 4.78 is 7.27. The monoisotopic (exact) mass is 411 g/mol. The van der Waals surface area contributed by atoms with E-state index in [0.29, 0.717) is 18.8 Å². The quantitative estimate of drug-likeness (QED) is 0.466. The SMILES string of the molecule is COCCn1c(C)cc(/C=C2/C(=O)NC(=S)N(c3cc(C)cc(C)c3)C2=O)c1C. The molecule has 0 bridgehead atoms. The maximum absolute atomic E-state index is 13.2. The van der Waals surface area contributed by atoms with Gasteiger partial charge in [-0.25, -0.2) is 0 Å². The van der Waals surface area contributed by atoms with Crippen molar-refractivity contribution < 1.29 is 14.3 Å². The Balaban J connectivity index is 2.02. The maximum Gasteiger partial charge on any atom is 0.270 e. The van der Waals surface area contributed by atoms with Crippen molar-refractivity contribution in [2.75, 3.05) is 18.6 Å². The first kappa shape index (κ1) is 21.0. The molecular formula is C22H25N3O3S. The molecule has 1 aromatic heterocycles. The van der Waals surface area contributed by atoms with E-state index in [0.717, 1.165) is 28.1 Å². The smallest absolute Gasteiger partial charge is 0.270 e. The molecule has 6 nitrogen and oxygen atoms in total. The highest BCUT2D eigenvalue weighted by atomic mass is 32.1. The molecule has 1 aliphatic heterocycles. The molecular weight excluding hydrogens is 386 g/mol. The van der Waals surface area contributed by atoms with Crippen molar-refractivity contribution in [1.82, 2.24) is 9.88 Å². The second-order valence-electron chi connectivity index (χ2n) is 7.27. The van der Waals surface area contributed by atoms with Crippen LogP contribution >= 0.6 is 12.2 Å². The summed E-state index contributed by atoms with van der Waals surface area (Å²) >= 11 is 5.29. The first-order chi connectivity index (χ1) is 13.7. The average Bonchev–Trinajstić information content (AvgIpc) is 2.89. The summed E-state index contributed by atoms with van der Waals surface area (Å²) in [4.78, 5) is 27.2. The lowest BCUT2D eigenvalue weighted by Crippen LogP contribution is -2.54. The molecule has 2 heterocycles. The number of methoxy groups -OCH3 is 1. The van der Waals surface area contributed by atoms with E-state index in [2.05, 4.69) is 9.88 Å². The van der Waals surface area contributed by atoms with Crippen LogP contribution in [0.4, 0.5) is 5.69 Å². The Labute approximate surface area is 176 Å². The van der Waals surface area contributed by atoms with Crippen molar-refractivity contribution in [2.24, 2.45) is 0 Å². The van der Waals surface area contributed by atoms with Gasteiger partial charge in [-0.15, -0.1) is 0 Å². The van der Waals surface area contributed by atoms with Gasteiger partial charge in [0, 0.05) is 25.0 Å². The predicted molar refractivity (Wildman–Crippen MR) is 118 cm³/mol. The van der Waals surface area contributed by atoms with Crippen molar-refractivity contribution in [2.45, 2.75) is 34.2 Å². The number of hydrogen-bond acceptors (Lipinski definition) is 4. The van der Waals surface area contributed by atoms with E-state index in [1.807, 2.05) is 52.0 Å². The zero-order valence-corrected chi connectivity index (χ0v) is 18.1. The molecule has 1 N–H and O–H groups in total. The number of carbonyl (C=O) groups is 2. The maximum atomic E-state index is 13.2. The summed E-state index contributed by atoms with van der Waals surface area (Å²) in [5, 5.41) is 2.74. The first-order valence-electron chi connectivity index (χ1n) is 9.38. The number of anilines is 1. The highest BCUT2D eigenvalue weighted by Gasteiger charge is 2.34. The fourth-order valence-electron chi connectivity index (χ4n) is 3.63. The van der Waals surface area contributed by atoms with E-state index in [-0.39, 0.29) is 10.7 Å². The molecule has 1 aromatic carbocycles. The second kappa shape index (κ2) is 8.31. The fraction of sp³-hybridized carbons (Fsp3) is 0.318. The number of nitrogens with zero attached hydrogens (tertiary/aromatic N) is 2. The standard InChI is InChI=1S/C22H25N3O3S/c1-13-8-14(2)10-18(9-13)25-21(27)19(20(26)23-22(25)29)12-17-11-15(3)24(16(17)4)6-7-28-5/h8-12H,6-7H2,1-5H3,(H,23,26,29)/b19-12-. The molecule has 1 fully saturated rings. The van der Waals surface area contributed by atoms with Gasteiger partial charge in [-0.05, 0) is 80.9 Å². The molecule has 2 aromatic rings. The van der Waals surface area contributed by atoms with Crippen LogP contribution in [0.15, 0.2) is 29.8 Å². The highest BCUT2D eigenvalue weighted by Crippen LogP contribution is 2.25. The van der Waals surface area contributed by atoms with Crippen LogP contribution in [0.3, 0.4) is 0 Å². The normalized spacial score (nSPS) is 16.0. The Kier molecular flexibility index (Phi) is 6.00. The molecule has 0 unspecified atom stereocenters. The van der Waals surface area contributed by atoms with Crippen LogP contribution in [0, 0.1) is 27.7 Å². The van der Waals surface area contributed by atoms with Crippen LogP contribution in [0.5, 0.6) is 0 Å². The minimum Gasteiger partial charge on any atom is -0.383 e. The van der Waals surface area contributed by atoms with Gasteiger partial charge in [-0.1, -0.05) is 6.07 Å². The Hall–Kier alpha value is -2.77. The summed E-state index contributed by atoms with van der Waals surface area (Å²) in [6, 6.07) is 7.74. The van der Waals surface area contributed by atoms with Crippen molar-refractivity contribution in [3.05, 3.63) is 57.9 Å². The van der Waals surface area contributed by atoms with E-state index in [1.165, 1.54) is 4.90 Å².